The quantitative estimate of drug-likeness (QED) is 0.645. The zero-order valence-corrected chi connectivity index (χ0v) is 11.5. The number of rotatable bonds is 3. The minimum atomic E-state index is -0.183. The number of carbonyl (C=O) groups excluding carboxylic acids is 1. The zero-order valence-electron chi connectivity index (χ0n) is 11.5. The number of anilines is 2. The van der Waals surface area contributed by atoms with Gasteiger partial charge >= 0.3 is 0 Å². The van der Waals surface area contributed by atoms with Crippen molar-refractivity contribution in [3.63, 3.8) is 0 Å². The Bertz CT molecular complexity index is 808. The molecule has 0 unspecified atom stereocenters. The van der Waals surface area contributed by atoms with Crippen LogP contribution >= 0.6 is 0 Å². The van der Waals surface area contributed by atoms with Crippen molar-refractivity contribution in [1.29, 1.82) is 0 Å². The first-order valence-corrected chi connectivity index (χ1v) is 6.50. The Morgan fingerprint density at radius 1 is 1.24 bits per heavy atom. The third kappa shape index (κ3) is 2.41. The van der Waals surface area contributed by atoms with Crippen molar-refractivity contribution in [3.8, 4) is 5.75 Å². The summed E-state index contributed by atoms with van der Waals surface area (Å²) in [6.07, 6.45) is 1.70. The minimum absolute atomic E-state index is 0.183. The molecule has 2 aromatic carbocycles. The van der Waals surface area contributed by atoms with E-state index in [1.165, 1.54) is 0 Å². The van der Waals surface area contributed by atoms with Gasteiger partial charge in [-0.25, -0.2) is 0 Å². The van der Waals surface area contributed by atoms with E-state index >= 15 is 0 Å². The number of nitrogen functional groups attached to an aromatic ring is 1. The molecule has 0 fully saturated rings. The van der Waals surface area contributed by atoms with Crippen molar-refractivity contribution in [2.75, 3.05) is 18.2 Å². The molecule has 1 heterocycles. The van der Waals surface area contributed by atoms with Crippen molar-refractivity contribution in [2.24, 2.45) is 0 Å². The fourth-order valence-electron chi connectivity index (χ4n) is 2.27. The van der Waals surface area contributed by atoms with Crippen LogP contribution in [-0.4, -0.2) is 18.0 Å². The number of aromatic amines is 1. The Morgan fingerprint density at radius 3 is 2.81 bits per heavy atom. The molecule has 0 radical (unpaired) electrons. The molecule has 0 aliphatic carbocycles. The van der Waals surface area contributed by atoms with E-state index in [1.54, 1.807) is 31.5 Å². The second-order valence-corrected chi connectivity index (χ2v) is 4.66. The van der Waals surface area contributed by atoms with E-state index in [4.69, 9.17) is 10.5 Å². The number of carbonyl (C=O) groups is 1. The number of aromatic nitrogens is 1. The molecule has 21 heavy (non-hydrogen) atoms. The van der Waals surface area contributed by atoms with E-state index < -0.39 is 0 Å². The molecule has 3 aromatic rings. The highest BCUT2D eigenvalue weighted by molar-refractivity contribution is 6.12. The molecule has 0 atom stereocenters. The van der Waals surface area contributed by atoms with Gasteiger partial charge in [0.25, 0.3) is 5.91 Å². The van der Waals surface area contributed by atoms with Gasteiger partial charge in [0.1, 0.15) is 5.75 Å². The molecule has 1 amide bonds. The summed E-state index contributed by atoms with van der Waals surface area (Å²) in [7, 11) is 1.55. The Kier molecular flexibility index (Phi) is 3.23. The maximum atomic E-state index is 12.4. The Hall–Kier alpha value is -2.95. The van der Waals surface area contributed by atoms with Gasteiger partial charge in [0.2, 0.25) is 0 Å². The van der Waals surface area contributed by atoms with E-state index in [-0.39, 0.29) is 5.91 Å². The number of hydrogen-bond donors (Lipinski definition) is 3. The number of amides is 1. The van der Waals surface area contributed by atoms with E-state index in [0.717, 1.165) is 10.9 Å². The second kappa shape index (κ2) is 5.20. The number of benzene rings is 2. The number of H-pyrrole nitrogens is 1. The predicted molar refractivity (Wildman–Crippen MR) is 83.7 cm³/mol. The van der Waals surface area contributed by atoms with E-state index in [9.17, 15) is 4.79 Å². The molecule has 1 aromatic heterocycles. The van der Waals surface area contributed by atoms with Crippen LogP contribution in [0.15, 0.2) is 48.7 Å². The van der Waals surface area contributed by atoms with Crippen LogP contribution in [-0.2, 0) is 0 Å². The average Bonchev–Trinajstić information content (AvgIpc) is 2.91. The van der Waals surface area contributed by atoms with Gasteiger partial charge in [0, 0.05) is 22.8 Å². The van der Waals surface area contributed by atoms with Crippen molar-refractivity contribution < 1.29 is 9.53 Å². The van der Waals surface area contributed by atoms with Crippen molar-refractivity contribution in [1.82, 2.24) is 4.98 Å². The number of methoxy groups -OCH3 is 1. The highest BCUT2D eigenvalue weighted by Gasteiger charge is 2.12. The molecule has 0 saturated carbocycles. The lowest BCUT2D eigenvalue weighted by molar-refractivity contribution is 0.102. The Labute approximate surface area is 121 Å². The third-order valence-electron chi connectivity index (χ3n) is 3.32. The first-order valence-electron chi connectivity index (χ1n) is 6.50. The molecule has 3 rings (SSSR count). The summed E-state index contributed by atoms with van der Waals surface area (Å²) < 4.78 is 5.09. The topological polar surface area (TPSA) is 80.1 Å². The maximum Gasteiger partial charge on any atom is 0.257 e. The number of para-hydroxylation sites is 1. The second-order valence-electron chi connectivity index (χ2n) is 4.66. The van der Waals surface area contributed by atoms with Gasteiger partial charge in [-0.05, 0) is 24.3 Å². The van der Waals surface area contributed by atoms with Crippen LogP contribution in [0.25, 0.3) is 10.9 Å². The molecule has 0 aliphatic rings. The van der Waals surface area contributed by atoms with Gasteiger partial charge in [0.15, 0.2) is 0 Å². The summed E-state index contributed by atoms with van der Waals surface area (Å²) in [5, 5.41) is 3.72. The van der Waals surface area contributed by atoms with Crippen LogP contribution in [0.3, 0.4) is 0 Å². The highest BCUT2D eigenvalue weighted by Crippen LogP contribution is 2.25. The maximum absolute atomic E-state index is 12.4. The first-order chi connectivity index (χ1) is 10.2. The molecule has 4 N–H and O–H groups in total. The number of nitrogens with two attached hydrogens (primary N) is 1. The van der Waals surface area contributed by atoms with Gasteiger partial charge in [-0.3, -0.25) is 4.79 Å². The van der Waals surface area contributed by atoms with Crippen LogP contribution in [0.5, 0.6) is 5.75 Å². The minimum Gasteiger partial charge on any atom is -0.495 e. The summed E-state index contributed by atoms with van der Waals surface area (Å²) in [5.74, 6) is 0.400. The molecule has 0 bridgehead atoms. The number of ether oxygens (including phenoxy) is 1. The lowest BCUT2D eigenvalue weighted by Crippen LogP contribution is -2.11. The van der Waals surface area contributed by atoms with Crippen LogP contribution in [0, 0.1) is 0 Å². The average molecular weight is 281 g/mol. The first kappa shape index (κ1) is 13.1. The van der Waals surface area contributed by atoms with E-state index in [1.807, 2.05) is 24.3 Å². The zero-order chi connectivity index (χ0) is 14.8. The molecule has 5 nitrogen and oxygen atoms in total. The standard InChI is InChI=1S/C16H15N3O2/c1-21-15-7-6-10(8-13(15)17)19-16(20)12-9-18-14-5-3-2-4-11(12)14/h2-9,18H,17H2,1H3,(H,19,20). The van der Waals surface area contributed by atoms with E-state index in [2.05, 4.69) is 10.3 Å². The highest BCUT2D eigenvalue weighted by atomic mass is 16.5. The Balaban J connectivity index is 1.88. The summed E-state index contributed by atoms with van der Waals surface area (Å²) in [6.45, 7) is 0. The van der Waals surface area contributed by atoms with Crippen LogP contribution < -0.4 is 15.8 Å². The Morgan fingerprint density at radius 2 is 2.05 bits per heavy atom. The number of fused-ring (bicyclic) bond motifs is 1. The van der Waals surface area contributed by atoms with Gasteiger partial charge in [-0.2, -0.15) is 0 Å². The van der Waals surface area contributed by atoms with Gasteiger partial charge < -0.3 is 20.8 Å². The van der Waals surface area contributed by atoms with Crippen molar-refractivity contribution in [2.45, 2.75) is 0 Å². The van der Waals surface area contributed by atoms with Crippen LogP contribution in [0.4, 0.5) is 11.4 Å². The van der Waals surface area contributed by atoms with Gasteiger partial charge in [0.05, 0.1) is 18.4 Å². The predicted octanol–water partition coefficient (Wildman–Crippen LogP) is 3.01. The number of nitrogens with one attached hydrogen (secondary N) is 2. The lowest BCUT2D eigenvalue weighted by Gasteiger charge is -2.08. The molecule has 0 saturated heterocycles. The normalized spacial score (nSPS) is 10.5. The van der Waals surface area contributed by atoms with Gasteiger partial charge in [-0.15, -0.1) is 0 Å². The van der Waals surface area contributed by atoms with Gasteiger partial charge in [-0.1, -0.05) is 18.2 Å². The summed E-state index contributed by atoms with van der Waals surface area (Å²) in [6, 6.07) is 12.8. The van der Waals surface area contributed by atoms with Crippen LogP contribution in [0.1, 0.15) is 10.4 Å². The van der Waals surface area contributed by atoms with Crippen molar-refractivity contribution in [3.05, 3.63) is 54.2 Å². The third-order valence-corrected chi connectivity index (χ3v) is 3.32. The molecule has 5 heteroatoms. The van der Waals surface area contributed by atoms with Crippen molar-refractivity contribution >= 4 is 28.2 Å². The van der Waals surface area contributed by atoms with Crippen LogP contribution in [0.2, 0.25) is 0 Å². The number of hydrogen-bond acceptors (Lipinski definition) is 3. The fourth-order valence-corrected chi connectivity index (χ4v) is 2.27. The summed E-state index contributed by atoms with van der Waals surface area (Å²) in [5.41, 5.74) is 8.47. The SMILES string of the molecule is COc1ccc(NC(=O)c2c[nH]c3ccccc23)cc1N. The molecule has 0 aliphatic heterocycles. The molecular formula is C16H15N3O2. The van der Waals surface area contributed by atoms with E-state index in [0.29, 0.717) is 22.7 Å². The summed E-state index contributed by atoms with van der Waals surface area (Å²) in [4.78, 5) is 15.4. The largest absolute Gasteiger partial charge is 0.495 e. The monoisotopic (exact) mass is 281 g/mol. The molecule has 106 valence electrons. The molecule has 0 spiro atoms. The molecular weight excluding hydrogens is 266 g/mol. The fraction of sp³-hybridized carbons (Fsp3) is 0.0625. The summed E-state index contributed by atoms with van der Waals surface area (Å²) >= 11 is 0. The lowest BCUT2D eigenvalue weighted by atomic mass is 10.1. The smallest absolute Gasteiger partial charge is 0.257 e.